The first-order valence-electron chi connectivity index (χ1n) is 7.34. The minimum Gasteiger partial charge on any atom is -0.497 e. The van der Waals surface area contributed by atoms with Crippen molar-refractivity contribution in [3.63, 3.8) is 0 Å². The van der Waals surface area contributed by atoms with E-state index in [0.717, 1.165) is 43.1 Å². The number of benzene rings is 1. The van der Waals surface area contributed by atoms with Crippen molar-refractivity contribution in [2.24, 2.45) is 0 Å². The zero-order valence-corrected chi connectivity index (χ0v) is 13.1. The molecule has 0 aliphatic carbocycles. The fourth-order valence-electron chi connectivity index (χ4n) is 2.39. The maximum absolute atomic E-state index is 5.41. The molecule has 4 heteroatoms. The molecule has 1 aromatic carbocycles. The quantitative estimate of drug-likeness (QED) is 0.810. The van der Waals surface area contributed by atoms with Crippen molar-refractivity contribution in [3.05, 3.63) is 47.8 Å². The van der Waals surface area contributed by atoms with Crippen molar-refractivity contribution >= 4 is 0 Å². The predicted octanol–water partition coefficient (Wildman–Crippen LogP) is 3.21. The predicted molar refractivity (Wildman–Crippen MR) is 84.8 cm³/mol. The third kappa shape index (κ3) is 4.02. The highest BCUT2D eigenvalue weighted by molar-refractivity contribution is 5.40. The molecule has 2 rings (SSSR count). The molecule has 0 atom stereocenters. The van der Waals surface area contributed by atoms with Crippen LogP contribution in [0.5, 0.6) is 11.5 Å². The topological polar surface area (TPSA) is 35.4 Å². The van der Waals surface area contributed by atoms with Crippen molar-refractivity contribution in [2.45, 2.75) is 33.0 Å². The molecule has 114 valence electrons. The molecule has 0 bridgehead atoms. The molecule has 1 N–H and O–H groups in total. The number of methoxy groups -OCH3 is 2. The Bertz CT molecular complexity index is 564. The first kappa shape index (κ1) is 15.4. The summed E-state index contributed by atoms with van der Waals surface area (Å²) < 4.78 is 12.9. The number of hydrogen-bond donors (Lipinski definition) is 1. The molecule has 0 saturated heterocycles. The van der Waals surface area contributed by atoms with Crippen molar-refractivity contribution < 1.29 is 9.47 Å². The van der Waals surface area contributed by atoms with E-state index >= 15 is 0 Å². The van der Waals surface area contributed by atoms with Gasteiger partial charge in [0.2, 0.25) is 0 Å². The van der Waals surface area contributed by atoms with Gasteiger partial charge in [-0.05, 0) is 24.6 Å². The molecule has 0 aliphatic heterocycles. The lowest BCUT2D eigenvalue weighted by Gasteiger charge is -2.12. The summed E-state index contributed by atoms with van der Waals surface area (Å²) in [5.41, 5.74) is 2.44. The summed E-state index contributed by atoms with van der Waals surface area (Å²) in [5.74, 6) is 1.67. The molecule has 1 heterocycles. The second kappa shape index (κ2) is 7.74. The number of aryl methyl sites for hydroxylation is 1. The van der Waals surface area contributed by atoms with Crippen LogP contribution in [0.2, 0.25) is 0 Å². The summed E-state index contributed by atoms with van der Waals surface area (Å²) in [6.07, 6.45) is 3.28. The third-order valence-electron chi connectivity index (χ3n) is 3.50. The van der Waals surface area contributed by atoms with Gasteiger partial charge in [-0.2, -0.15) is 0 Å². The minimum atomic E-state index is 0.768. The summed E-state index contributed by atoms with van der Waals surface area (Å²) in [6, 6.07) is 10.2. The minimum absolute atomic E-state index is 0.768. The van der Waals surface area contributed by atoms with E-state index in [-0.39, 0.29) is 0 Å². The highest BCUT2D eigenvalue weighted by Gasteiger charge is 2.05. The maximum Gasteiger partial charge on any atom is 0.127 e. The molecule has 4 nitrogen and oxygen atoms in total. The fraction of sp³-hybridized carbons (Fsp3) is 0.412. The van der Waals surface area contributed by atoms with Crippen molar-refractivity contribution in [2.75, 3.05) is 14.2 Å². The van der Waals surface area contributed by atoms with Gasteiger partial charge in [-0.15, -0.1) is 0 Å². The largest absolute Gasteiger partial charge is 0.497 e. The van der Waals surface area contributed by atoms with Crippen molar-refractivity contribution in [3.8, 4) is 11.5 Å². The first-order chi connectivity index (χ1) is 10.3. The SMILES string of the molecule is CCCn1cccc1CNCc1ccc(OC)cc1OC. The lowest BCUT2D eigenvalue weighted by Crippen LogP contribution is -2.16. The van der Waals surface area contributed by atoms with E-state index in [0.29, 0.717) is 0 Å². The van der Waals surface area contributed by atoms with Crippen LogP contribution >= 0.6 is 0 Å². The Morgan fingerprint density at radius 2 is 1.95 bits per heavy atom. The Hall–Kier alpha value is -1.94. The van der Waals surface area contributed by atoms with Gasteiger partial charge in [0.1, 0.15) is 11.5 Å². The van der Waals surface area contributed by atoms with Gasteiger partial charge in [0.15, 0.2) is 0 Å². The smallest absolute Gasteiger partial charge is 0.127 e. The van der Waals surface area contributed by atoms with Crippen LogP contribution in [0.15, 0.2) is 36.5 Å². The Morgan fingerprint density at radius 1 is 1.10 bits per heavy atom. The highest BCUT2D eigenvalue weighted by Crippen LogP contribution is 2.24. The molecule has 1 aromatic heterocycles. The second-order valence-corrected chi connectivity index (χ2v) is 4.97. The molecule has 2 aromatic rings. The van der Waals surface area contributed by atoms with Gasteiger partial charge < -0.3 is 19.4 Å². The normalized spacial score (nSPS) is 10.6. The number of nitrogens with one attached hydrogen (secondary N) is 1. The van der Waals surface area contributed by atoms with Crippen LogP contribution in [0.1, 0.15) is 24.6 Å². The van der Waals surface area contributed by atoms with Gasteiger partial charge in [-0.25, -0.2) is 0 Å². The Kier molecular flexibility index (Phi) is 5.69. The number of aromatic nitrogens is 1. The maximum atomic E-state index is 5.41. The molecule has 21 heavy (non-hydrogen) atoms. The molecule has 0 radical (unpaired) electrons. The lowest BCUT2D eigenvalue weighted by molar-refractivity contribution is 0.389. The summed E-state index contributed by atoms with van der Waals surface area (Å²) >= 11 is 0. The number of ether oxygens (including phenoxy) is 2. The monoisotopic (exact) mass is 288 g/mol. The standard InChI is InChI=1S/C17H24N2O2/c1-4-9-19-10-5-6-15(19)13-18-12-14-7-8-16(20-2)11-17(14)21-3/h5-8,10-11,18H,4,9,12-13H2,1-3H3. The molecular weight excluding hydrogens is 264 g/mol. The number of rotatable bonds is 8. The van der Waals surface area contributed by atoms with Crippen LogP contribution in [0, 0.1) is 0 Å². The third-order valence-corrected chi connectivity index (χ3v) is 3.50. The van der Waals surface area contributed by atoms with E-state index in [1.165, 1.54) is 5.69 Å². The summed E-state index contributed by atoms with van der Waals surface area (Å²) in [4.78, 5) is 0. The molecule has 0 amide bonds. The average molecular weight is 288 g/mol. The number of nitrogens with zero attached hydrogens (tertiary/aromatic N) is 1. The Labute approximate surface area is 126 Å². The molecular formula is C17H24N2O2. The molecule has 0 aliphatic rings. The summed E-state index contributed by atoms with van der Waals surface area (Å²) in [6.45, 7) is 4.88. The van der Waals surface area contributed by atoms with Crippen LogP contribution in [0.4, 0.5) is 0 Å². The van der Waals surface area contributed by atoms with Gasteiger partial charge >= 0.3 is 0 Å². The zero-order chi connectivity index (χ0) is 15.1. The van der Waals surface area contributed by atoms with Crippen molar-refractivity contribution in [1.82, 2.24) is 9.88 Å². The van der Waals surface area contributed by atoms with E-state index < -0.39 is 0 Å². The fourth-order valence-corrected chi connectivity index (χ4v) is 2.39. The highest BCUT2D eigenvalue weighted by atomic mass is 16.5. The molecule has 0 unspecified atom stereocenters. The first-order valence-corrected chi connectivity index (χ1v) is 7.34. The number of hydrogen-bond acceptors (Lipinski definition) is 3. The van der Waals surface area contributed by atoms with Crippen LogP contribution in [-0.4, -0.2) is 18.8 Å². The van der Waals surface area contributed by atoms with Gasteiger partial charge in [0.25, 0.3) is 0 Å². The zero-order valence-electron chi connectivity index (χ0n) is 13.1. The van der Waals surface area contributed by atoms with E-state index in [2.05, 4.69) is 35.1 Å². The van der Waals surface area contributed by atoms with E-state index in [4.69, 9.17) is 9.47 Å². The Balaban J connectivity index is 1.95. The van der Waals surface area contributed by atoms with Gasteiger partial charge in [-0.1, -0.05) is 13.0 Å². The van der Waals surface area contributed by atoms with Crippen LogP contribution < -0.4 is 14.8 Å². The van der Waals surface area contributed by atoms with Gasteiger partial charge in [0, 0.05) is 43.2 Å². The summed E-state index contributed by atoms with van der Waals surface area (Å²) in [5, 5.41) is 3.47. The average Bonchev–Trinajstić information content (AvgIpc) is 2.95. The Morgan fingerprint density at radius 3 is 2.67 bits per heavy atom. The lowest BCUT2D eigenvalue weighted by atomic mass is 10.2. The molecule has 0 fully saturated rings. The van der Waals surface area contributed by atoms with E-state index in [9.17, 15) is 0 Å². The van der Waals surface area contributed by atoms with E-state index in [1.807, 2.05) is 18.2 Å². The van der Waals surface area contributed by atoms with Crippen molar-refractivity contribution in [1.29, 1.82) is 0 Å². The van der Waals surface area contributed by atoms with Crippen LogP contribution in [-0.2, 0) is 19.6 Å². The molecule has 0 saturated carbocycles. The van der Waals surface area contributed by atoms with Crippen LogP contribution in [0.25, 0.3) is 0 Å². The van der Waals surface area contributed by atoms with Gasteiger partial charge in [0.05, 0.1) is 14.2 Å². The summed E-state index contributed by atoms with van der Waals surface area (Å²) in [7, 11) is 3.35. The second-order valence-electron chi connectivity index (χ2n) is 4.97. The molecule has 0 spiro atoms. The van der Waals surface area contributed by atoms with E-state index in [1.54, 1.807) is 14.2 Å². The van der Waals surface area contributed by atoms with Crippen LogP contribution in [0.3, 0.4) is 0 Å². The van der Waals surface area contributed by atoms with Gasteiger partial charge in [-0.3, -0.25) is 0 Å².